The van der Waals surface area contributed by atoms with Crippen molar-refractivity contribution >= 4 is 15.5 Å². The Hall–Kier alpha value is -1.35. The van der Waals surface area contributed by atoms with Crippen molar-refractivity contribution in [2.24, 2.45) is 0 Å². The molecule has 0 heterocycles. The third-order valence-electron chi connectivity index (χ3n) is 8.55. The molecule has 35 heavy (non-hydrogen) atoms. The summed E-state index contributed by atoms with van der Waals surface area (Å²) in [6.07, 6.45) is 19.0. The van der Waals surface area contributed by atoms with Crippen LogP contribution >= 0.6 is 7.92 Å². The fraction of sp³-hybridized carbons (Fsp3) is 0.586. The molecule has 0 aromatic heterocycles. The molecule has 2 aromatic rings. The van der Waals surface area contributed by atoms with Crippen molar-refractivity contribution < 1.29 is 17.7 Å². The van der Waals surface area contributed by atoms with Gasteiger partial charge in [-0.1, -0.05) is 74.7 Å². The average molecular weight is 506 g/mol. The Labute approximate surface area is 210 Å². The van der Waals surface area contributed by atoms with Crippen molar-refractivity contribution in [1.29, 1.82) is 0 Å². The van der Waals surface area contributed by atoms with E-state index in [4.69, 9.17) is 0 Å². The van der Waals surface area contributed by atoms with Gasteiger partial charge in [-0.05, 0) is 75.3 Å². The van der Waals surface area contributed by atoms with Crippen LogP contribution in [0.1, 0.15) is 102 Å². The van der Waals surface area contributed by atoms with Gasteiger partial charge in [0.2, 0.25) is 0 Å². The Kier molecular flexibility index (Phi) is 10.7. The summed E-state index contributed by atoms with van der Waals surface area (Å²) in [6, 6.07) is 19.2. The molecule has 0 unspecified atom stereocenters. The molecule has 3 aliphatic carbocycles. The molecule has 2 saturated carbocycles. The van der Waals surface area contributed by atoms with Crippen LogP contribution in [0.2, 0.25) is 0 Å². The molecule has 0 saturated heterocycles. The Morgan fingerprint density at radius 3 is 1.54 bits per heavy atom. The molecule has 0 amide bonds. The van der Waals surface area contributed by atoms with E-state index in [1.807, 2.05) is 0 Å². The van der Waals surface area contributed by atoms with E-state index in [0.29, 0.717) is 5.16 Å². The van der Waals surface area contributed by atoms with Gasteiger partial charge in [0.15, 0.2) is 0 Å². The number of hydrogen-bond acceptors (Lipinski definition) is 0. The highest BCUT2D eigenvalue weighted by Crippen LogP contribution is 2.74. The van der Waals surface area contributed by atoms with Gasteiger partial charge in [-0.15, -0.1) is 0 Å². The number of fused-ring (bicyclic) bond motifs is 3. The van der Waals surface area contributed by atoms with Gasteiger partial charge in [-0.2, -0.15) is 0 Å². The van der Waals surface area contributed by atoms with Crippen LogP contribution < -0.4 is 4.70 Å². The van der Waals surface area contributed by atoms with E-state index < -0.39 is 15.5 Å². The third kappa shape index (κ3) is 5.98. The molecular weight excluding hydrogens is 466 g/mol. The van der Waals surface area contributed by atoms with Crippen molar-refractivity contribution in [3.63, 3.8) is 0 Å². The predicted octanol–water partition coefficient (Wildman–Crippen LogP) is 6.86. The molecule has 0 N–H and O–H groups in total. The van der Waals surface area contributed by atoms with Gasteiger partial charge in [-0.25, -0.2) is 0 Å². The Morgan fingerprint density at radius 2 is 1.14 bits per heavy atom. The highest BCUT2D eigenvalue weighted by Gasteiger charge is 2.58. The largest absolute Gasteiger partial charge is 1.00 e. The van der Waals surface area contributed by atoms with Crippen LogP contribution in [-0.4, -0.2) is 18.9 Å². The SMILES string of the molecule is CCCCC1([PH+](C2CCCCC2)C2CCCCC2)c2ccccc2-c2ccccc21.FB(F)F.[F-]. The monoisotopic (exact) mass is 506 g/mol. The van der Waals surface area contributed by atoms with Gasteiger partial charge < -0.3 is 4.70 Å². The molecule has 0 spiro atoms. The van der Waals surface area contributed by atoms with Crippen LogP contribution in [0.4, 0.5) is 12.9 Å². The molecule has 0 bridgehead atoms. The smallest absolute Gasteiger partial charge is 0.762 e. The van der Waals surface area contributed by atoms with Gasteiger partial charge in [0.05, 0.1) is 11.3 Å². The van der Waals surface area contributed by atoms with E-state index in [9.17, 15) is 12.9 Å². The summed E-state index contributed by atoms with van der Waals surface area (Å²) in [5, 5.41) is 0.345. The van der Waals surface area contributed by atoms with Crippen LogP contribution in [0.3, 0.4) is 0 Å². The zero-order valence-electron chi connectivity index (χ0n) is 21.1. The molecule has 5 rings (SSSR count). The minimum atomic E-state index is -3.67. The number of rotatable bonds is 6. The second-order valence-electron chi connectivity index (χ2n) is 10.5. The average Bonchev–Trinajstić information content (AvgIpc) is 3.15. The fourth-order valence-electron chi connectivity index (χ4n) is 7.35. The second-order valence-corrected chi connectivity index (χ2v) is 13.9. The summed E-state index contributed by atoms with van der Waals surface area (Å²) >= 11 is 0. The van der Waals surface area contributed by atoms with Gasteiger partial charge >= 0.3 is 7.54 Å². The summed E-state index contributed by atoms with van der Waals surface area (Å²) < 4.78 is 29.0. The third-order valence-corrected chi connectivity index (χ3v) is 13.2. The molecule has 0 aliphatic heterocycles. The first-order valence-electron chi connectivity index (χ1n) is 13.6. The molecule has 6 heteroatoms. The second kappa shape index (κ2) is 13.3. The lowest BCUT2D eigenvalue weighted by molar-refractivity contribution is -0.00000965. The van der Waals surface area contributed by atoms with Gasteiger partial charge in [0, 0.05) is 19.0 Å². The Morgan fingerprint density at radius 1 is 0.743 bits per heavy atom. The maximum atomic E-state index is 9.67. The van der Waals surface area contributed by atoms with E-state index in [1.54, 1.807) is 22.3 Å². The van der Waals surface area contributed by atoms with Crippen LogP contribution in [-0.2, 0) is 5.16 Å². The minimum absolute atomic E-state index is 0. The first kappa shape index (κ1) is 28.2. The van der Waals surface area contributed by atoms with Crippen molar-refractivity contribution in [2.75, 3.05) is 0 Å². The zero-order chi connectivity index (χ0) is 24.0. The summed E-state index contributed by atoms with van der Waals surface area (Å²) in [6.45, 7) is 2.40. The lowest BCUT2D eigenvalue weighted by atomic mass is 9.90. The summed E-state index contributed by atoms with van der Waals surface area (Å²) in [5.41, 5.74) is 8.62. The molecule has 0 nitrogen and oxygen atoms in total. The molecule has 0 radical (unpaired) electrons. The standard InChI is InChI=1S/C29H39P.BF3.FH/c1-2-3-22-29(27-20-12-10-18-25(27)26-19-11-13-21-28(26)29)30(23-14-6-4-7-15-23)24-16-8-5-9-17-24;2-1(3)4;/h10-13,18-21,23-24H,2-9,14-17,22H2,1H3;;1H. The Bertz CT molecular complexity index is 843. The molecule has 192 valence electrons. The predicted molar refractivity (Wildman–Crippen MR) is 143 cm³/mol. The van der Waals surface area contributed by atoms with Gasteiger partial charge in [-0.3, -0.25) is 12.9 Å². The summed E-state index contributed by atoms with van der Waals surface area (Å²) in [5.74, 6) is 0. The highest BCUT2D eigenvalue weighted by atomic mass is 31.1. The summed E-state index contributed by atoms with van der Waals surface area (Å²) in [4.78, 5) is 0. The summed E-state index contributed by atoms with van der Waals surface area (Å²) in [7, 11) is -4.25. The molecule has 2 aromatic carbocycles. The molecular formula is C29H40BF4P. The number of halogens is 4. The minimum Gasteiger partial charge on any atom is -1.00 e. The number of hydrogen-bond donors (Lipinski definition) is 0. The highest BCUT2D eigenvalue weighted by molar-refractivity contribution is 7.60. The lowest BCUT2D eigenvalue weighted by Crippen LogP contribution is -3.00. The van der Waals surface area contributed by atoms with Crippen LogP contribution in [0.5, 0.6) is 0 Å². The molecule has 3 aliphatic rings. The van der Waals surface area contributed by atoms with Crippen molar-refractivity contribution in [3.8, 4) is 11.1 Å². The first-order valence-corrected chi connectivity index (χ1v) is 15.2. The topological polar surface area (TPSA) is 0 Å². The van der Waals surface area contributed by atoms with Gasteiger partial charge in [0.25, 0.3) is 0 Å². The van der Waals surface area contributed by atoms with E-state index in [-0.39, 0.29) is 4.70 Å². The van der Waals surface area contributed by atoms with E-state index >= 15 is 0 Å². The molecule has 2 fully saturated rings. The van der Waals surface area contributed by atoms with E-state index in [1.165, 1.54) is 83.5 Å². The maximum absolute atomic E-state index is 9.67. The zero-order valence-corrected chi connectivity index (χ0v) is 22.1. The van der Waals surface area contributed by atoms with Crippen LogP contribution in [0.25, 0.3) is 11.1 Å². The lowest BCUT2D eigenvalue weighted by Gasteiger charge is -2.44. The number of benzene rings is 2. The van der Waals surface area contributed by atoms with Crippen molar-refractivity contribution in [3.05, 3.63) is 59.7 Å². The van der Waals surface area contributed by atoms with Crippen LogP contribution in [0.15, 0.2) is 48.5 Å². The molecule has 0 atom stereocenters. The van der Waals surface area contributed by atoms with Crippen molar-refractivity contribution in [2.45, 2.75) is 107 Å². The Balaban J connectivity index is 0.000000638. The van der Waals surface area contributed by atoms with Gasteiger partial charge in [0.1, 0.15) is 5.16 Å². The first-order chi connectivity index (χ1) is 16.6. The quantitative estimate of drug-likeness (QED) is 0.228. The van der Waals surface area contributed by atoms with Crippen LogP contribution in [0, 0.1) is 0 Å². The fourth-order valence-corrected chi connectivity index (χ4v) is 13.0. The number of unbranched alkanes of at least 4 members (excludes halogenated alkanes) is 1. The van der Waals surface area contributed by atoms with Crippen molar-refractivity contribution in [1.82, 2.24) is 0 Å². The van der Waals surface area contributed by atoms with E-state index in [2.05, 4.69) is 55.5 Å². The van der Waals surface area contributed by atoms with E-state index in [0.717, 1.165) is 11.3 Å². The maximum Gasteiger partial charge on any atom is 0.762 e. The normalized spacial score (nSPS) is 19.2.